The summed E-state index contributed by atoms with van der Waals surface area (Å²) in [6.45, 7) is 1.95. The summed E-state index contributed by atoms with van der Waals surface area (Å²) in [6.07, 6.45) is -6.94. The van der Waals surface area contributed by atoms with Gasteiger partial charge < -0.3 is 14.7 Å². The average Bonchev–Trinajstić information content (AvgIpc) is 2.45. The molecule has 0 aromatic heterocycles. The molecule has 2 rings (SSSR count). The number of amides is 1. The number of carbonyl (C=O) groups is 2. The first kappa shape index (κ1) is 18.1. The summed E-state index contributed by atoms with van der Waals surface area (Å²) < 4.78 is 42.0. The Bertz CT molecular complexity index is 600. The molecule has 132 valence electrons. The van der Waals surface area contributed by atoms with Crippen LogP contribution in [-0.4, -0.2) is 47.4 Å². The zero-order valence-corrected chi connectivity index (χ0v) is 13.0. The highest BCUT2D eigenvalue weighted by molar-refractivity contribution is 5.73. The normalized spacial score (nSPS) is 21.4. The maximum Gasteiger partial charge on any atom is 0.506 e. The van der Waals surface area contributed by atoms with E-state index in [2.05, 4.69) is 0 Å². The van der Waals surface area contributed by atoms with E-state index in [9.17, 15) is 22.8 Å². The van der Waals surface area contributed by atoms with Crippen LogP contribution in [0.25, 0.3) is 0 Å². The number of carboxylic acid groups (broad SMARTS) is 1. The van der Waals surface area contributed by atoms with Crippen molar-refractivity contribution in [2.24, 2.45) is 0 Å². The Morgan fingerprint density at radius 2 is 1.88 bits per heavy atom. The molecule has 0 radical (unpaired) electrons. The van der Waals surface area contributed by atoms with E-state index in [4.69, 9.17) is 9.84 Å². The molecule has 24 heavy (non-hydrogen) atoms. The standard InChI is InChI=1S/C16H18F3NO4/c1-10(21)20-8-13(6-14(9-20)24-15(22)23)12-4-2-11(3-5-12)7-16(17,18)19/h2-5,13-14H,6-9H2,1H3,(H,22,23). The first-order valence-corrected chi connectivity index (χ1v) is 7.44. The Labute approximate surface area is 137 Å². The predicted octanol–water partition coefficient (Wildman–Crippen LogP) is 3.19. The molecule has 1 amide bonds. The summed E-state index contributed by atoms with van der Waals surface area (Å²) in [7, 11) is 0. The van der Waals surface area contributed by atoms with E-state index < -0.39 is 24.9 Å². The van der Waals surface area contributed by atoms with Crippen LogP contribution in [-0.2, 0) is 16.0 Å². The van der Waals surface area contributed by atoms with Crippen LogP contribution in [0.2, 0.25) is 0 Å². The minimum absolute atomic E-state index is 0.156. The predicted molar refractivity (Wildman–Crippen MR) is 78.7 cm³/mol. The van der Waals surface area contributed by atoms with Gasteiger partial charge in [0.25, 0.3) is 0 Å². The minimum Gasteiger partial charge on any atom is -0.450 e. The molecule has 2 unspecified atom stereocenters. The molecule has 8 heteroatoms. The van der Waals surface area contributed by atoms with Crippen LogP contribution in [0.15, 0.2) is 24.3 Å². The summed E-state index contributed by atoms with van der Waals surface area (Å²) in [4.78, 5) is 23.8. The molecule has 1 N–H and O–H groups in total. The number of hydrogen-bond donors (Lipinski definition) is 1. The van der Waals surface area contributed by atoms with Crippen molar-refractivity contribution < 1.29 is 32.6 Å². The number of carbonyl (C=O) groups excluding carboxylic acids is 1. The van der Waals surface area contributed by atoms with Crippen molar-refractivity contribution in [2.75, 3.05) is 13.1 Å². The van der Waals surface area contributed by atoms with Gasteiger partial charge in [0.15, 0.2) is 0 Å². The van der Waals surface area contributed by atoms with Gasteiger partial charge in [-0.1, -0.05) is 24.3 Å². The van der Waals surface area contributed by atoms with Gasteiger partial charge >= 0.3 is 12.3 Å². The molecule has 1 aliphatic rings. The molecule has 0 bridgehead atoms. The SMILES string of the molecule is CC(=O)N1CC(OC(=O)O)CC(c2ccc(CC(F)(F)F)cc2)C1. The molecule has 0 aliphatic carbocycles. The molecule has 1 heterocycles. The van der Waals surface area contributed by atoms with Crippen LogP contribution >= 0.6 is 0 Å². The van der Waals surface area contributed by atoms with Crippen LogP contribution in [0, 0.1) is 0 Å². The lowest BCUT2D eigenvalue weighted by Gasteiger charge is -2.36. The van der Waals surface area contributed by atoms with Gasteiger partial charge in [-0.2, -0.15) is 13.2 Å². The first-order chi connectivity index (χ1) is 11.1. The molecular weight excluding hydrogens is 327 g/mol. The molecule has 1 aromatic rings. The van der Waals surface area contributed by atoms with E-state index in [1.807, 2.05) is 0 Å². The fraction of sp³-hybridized carbons (Fsp3) is 0.500. The van der Waals surface area contributed by atoms with Gasteiger partial charge in [0.05, 0.1) is 13.0 Å². The van der Waals surface area contributed by atoms with E-state index in [0.29, 0.717) is 13.0 Å². The molecule has 1 fully saturated rings. The summed E-state index contributed by atoms with van der Waals surface area (Å²) in [5, 5.41) is 8.76. The summed E-state index contributed by atoms with van der Waals surface area (Å²) in [6, 6.07) is 5.99. The average molecular weight is 345 g/mol. The van der Waals surface area contributed by atoms with Gasteiger partial charge in [0, 0.05) is 19.4 Å². The summed E-state index contributed by atoms with van der Waals surface area (Å²) >= 11 is 0. The number of alkyl halides is 3. The summed E-state index contributed by atoms with van der Waals surface area (Å²) in [5.41, 5.74) is 0.912. The van der Waals surface area contributed by atoms with Gasteiger partial charge in [0.2, 0.25) is 5.91 Å². The number of nitrogens with zero attached hydrogens (tertiary/aromatic N) is 1. The summed E-state index contributed by atoms with van der Waals surface area (Å²) in [5.74, 6) is -0.390. The maximum absolute atomic E-state index is 12.4. The van der Waals surface area contributed by atoms with Crippen molar-refractivity contribution in [1.29, 1.82) is 0 Å². The third-order valence-corrected chi connectivity index (χ3v) is 3.98. The van der Waals surface area contributed by atoms with Gasteiger partial charge in [-0.3, -0.25) is 4.79 Å². The molecule has 0 spiro atoms. The molecule has 5 nitrogen and oxygen atoms in total. The lowest BCUT2D eigenvalue weighted by Crippen LogP contribution is -2.46. The number of ether oxygens (including phenoxy) is 1. The third kappa shape index (κ3) is 5.14. The maximum atomic E-state index is 12.4. The highest BCUT2D eigenvalue weighted by atomic mass is 19.4. The number of piperidine rings is 1. The zero-order valence-electron chi connectivity index (χ0n) is 13.0. The molecule has 1 saturated heterocycles. The highest BCUT2D eigenvalue weighted by Crippen LogP contribution is 2.30. The highest BCUT2D eigenvalue weighted by Gasteiger charge is 2.32. The Morgan fingerprint density at radius 3 is 2.38 bits per heavy atom. The number of rotatable bonds is 3. The monoisotopic (exact) mass is 345 g/mol. The quantitative estimate of drug-likeness (QED) is 0.855. The van der Waals surface area contributed by atoms with Crippen LogP contribution < -0.4 is 0 Å². The Kier molecular flexibility index (Phi) is 5.36. The Balaban J connectivity index is 2.13. The topological polar surface area (TPSA) is 66.8 Å². The molecule has 2 atom stereocenters. The van der Waals surface area contributed by atoms with Crippen LogP contribution in [0.1, 0.15) is 30.4 Å². The smallest absolute Gasteiger partial charge is 0.450 e. The Morgan fingerprint density at radius 1 is 1.25 bits per heavy atom. The zero-order chi connectivity index (χ0) is 17.9. The van der Waals surface area contributed by atoms with Crippen molar-refractivity contribution in [3.63, 3.8) is 0 Å². The molecule has 1 aliphatic heterocycles. The second kappa shape index (κ2) is 7.11. The van der Waals surface area contributed by atoms with Crippen molar-refractivity contribution in [2.45, 2.75) is 38.0 Å². The number of hydrogen-bond acceptors (Lipinski definition) is 3. The second-order valence-electron chi connectivity index (χ2n) is 5.90. The number of likely N-dealkylation sites (tertiary alicyclic amines) is 1. The minimum atomic E-state index is -4.27. The largest absolute Gasteiger partial charge is 0.506 e. The van der Waals surface area contributed by atoms with Crippen molar-refractivity contribution in [1.82, 2.24) is 4.90 Å². The van der Waals surface area contributed by atoms with Crippen molar-refractivity contribution in [3.8, 4) is 0 Å². The fourth-order valence-corrected chi connectivity index (χ4v) is 2.92. The molecular formula is C16H18F3NO4. The lowest BCUT2D eigenvalue weighted by molar-refractivity contribution is -0.132. The molecule has 0 saturated carbocycles. The van der Waals surface area contributed by atoms with Gasteiger partial charge in [-0.25, -0.2) is 4.79 Å². The van der Waals surface area contributed by atoms with Crippen LogP contribution in [0.3, 0.4) is 0 Å². The van der Waals surface area contributed by atoms with Gasteiger partial charge in [0.1, 0.15) is 6.10 Å². The van der Waals surface area contributed by atoms with Crippen molar-refractivity contribution in [3.05, 3.63) is 35.4 Å². The first-order valence-electron chi connectivity index (χ1n) is 7.44. The Hall–Kier alpha value is -2.25. The van der Waals surface area contributed by atoms with E-state index in [1.54, 1.807) is 12.1 Å². The third-order valence-electron chi connectivity index (χ3n) is 3.98. The second-order valence-corrected chi connectivity index (χ2v) is 5.90. The number of halogens is 3. The lowest BCUT2D eigenvalue weighted by atomic mass is 9.88. The van der Waals surface area contributed by atoms with E-state index in [-0.39, 0.29) is 23.9 Å². The molecule has 1 aromatic carbocycles. The van der Waals surface area contributed by atoms with Crippen LogP contribution in [0.4, 0.5) is 18.0 Å². The van der Waals surface area contributed by atoms with Crippen LogP contribution in [0.5, 0.6) is 0 Å². The van der Waals surface area contributed by atoms with Gasteiger partial charge in [-0.15, -0.1) is 0 Å². The van der Waals surface area contributed by atoms with E-state index in [1.165, 1.54) is 24.0 Å². The fourth-order valence-electron chi connectivity index (χ4n) is 2.92. The van der Waals surface area contributed by atoms with Gasteiger partial charge in [-0.05, 0) is 17.5 Å². The number of benzene rings is 1. The van der Waals surface area contributed by atoms with E-state index >= 15 is 0 Å². The van der Waals surface area contributed by atoms with E-state index in [0.717, 1.165) is 5.56 Å². The van der Waals surface area contributed by atoms with Crippen molar-refractivity contribution >= 4 is 12.1 Å².